The minimum atomic E-state index is -0.0748. The molecule has 0 bridgehead atoms. The smallest absolute Gasteiger partial charge is 0.244 e. The standard InChI is InChI=1S/C15H20N2OS/c1-3-4-5-6-7-14(18)16-11(2)13-10-19-15(17-13)12-8-9-12/h4-7,10-12H,3,8-9H2,1-2H3,(H,16,18)/b5-4+,7-6+. The van der Waals surface area contributed by atoms with Crippen molar-refractivity contribution in [2.75, 3.05) is 0 Å². The monoisotopic (exact) mass is 276 g/mol. The Kier molecular flexibility index (Phi) is 4.91. The Bertz CT molecular complexity index is 486. The maximum atomic E-state index is 11.7. The topological polar surface area (TPSA) is 42.0 Å². The van der Waals surface area contributed by atoms with Crippen LogP contribution < -0.4 is 5.32 Å². The van der Waals surface area contributed by atoms with E-state index in [1.54, 1.807) is 23.5 Å². The van der Waals surface area contributed by atoms with Gasteiger partial charge in [0.1, 0.15) is 0 Å². The van der Waals surface area contributed by atoms with E-state index in [0.29, 0.717) is 5.92 Å². The Morgan fingerprint density at radius 1 is 1.58 bits per heavy atom. The largest absolute Gasteiger partial charge is 0.344 e. The normalized spacial score (nSPS) is 17.2. The lowest BCUT2D eigenvalue weighted by Gasteiger charge is -2.09. The minimum Gasteiger partial charge on any atom is -0.344 e. The van der Waals surface area contributed by atoms with Crippen LogP contribution in [0.1, 0.15) is 55.8 Å². The highest BCUT2D eigenvalue weighted by Crippen LogP contribution is 2.41. The second-order valence-electron chi connectivity index (χ2n) is 4.81. The number of nitrogens with one attached hydrogen (secondary N) is 1. The van der Waals surface area contributed by atoms with Gasteiger partial charge in [-0.25, -0.2) is 4.98 Å². The van der Waals surface area contributed by atoms with Gasteiger partial charge in [-0.1, -0.05) is 25.2 Å². The van der Waals surface area contributed by atoms with Gasteiger partial charge in [0.25, 0.3) is 0 Å². The Morgan fingerprint density at radius 3 is 3.05 bits per heavy atom. The number of rotatable bonds is 6. The second kappa shape index (κ2) is 6.66. The van der Waals surface area contributed by atoms with Crippen molar-refractivity contribution in [2.24, 2.45) is 0 Å². The van der Waals surface area contributed by atoms with Crippen LogP contribution in [0.3, 0.4) is 0 Å². The van der Waals surface area contributed by atoms with Crippen LogP contribution in [0.15, 0.2) is 29.7 Å². The zero-order valence-electron chi connectivity index (χ0n) is 11.4. The fourth-order valence-electron chi connectivity index (χ4n) is 1.71. The molecule has 1 amide bonds. The molecule has 0 aliphatic heterocycles. The Labute approximate surface area is 118 Å². The van der Waals surface area contributed by atoms with Crippen LogP contribution >= 0.6 is 11.3 Å². The molecule has 1 aliphatic rings. The molecule has 2 rings (SSSR count). The van der Waals surface area contributed by atoms with Crippen LogP contribution in [-0.2, 0) is 4.79 Å². The summed E-state index contributed by atoms with van der Waals surface area (Å²) in [4.78, 5) is 16.3. The number of hydrogen-bond donors (Lipinski definition) is 1. The molecule has 3 nitrogen and oxygen atoms in total. The van der Waals surface area contributed by atoms with Crippen LogP contribution in [-0.4, -0.2) is 10.9 Å². The number of amides is 1. The van der Waals surface area contributed by atoms with Gasteiger partial charge in [0.05, 0.1) is 16.7 Å². The van der Waals surface area contributed by atoms with Gasteiger partial charge in [-0.3, -0.25) is 4.79 Å². The first-order valence-electron chi connectivity index (χ1n) is 6.79. The number of hydrogen-bond acceptors (Lipinski definition) is 3. The molecule has 102 valence electrons. The first-order valence-corrected chi connectivity index (χ1v) is 7.67. The molecule has 1 saturated carbocycles. The molecular weight excluding hydrogens is 256 g/mol. The predicted molar refractivity (Wildman–Crippen MR) is 79.2 cm³/mol. The molecule has 0 spiro atoms. The zero-order valence-corrected chi connectivity index (χ0v) is 12.2. The second-order valence-corrected chi connectivity index (χ2v) is 5.70. The molecule has 1 aromatic rings. The predicted octanol–water partition coefficient (Wildman–Crippen LogP) is 3.72. The van der Waals surface area contributed by atoms with Crippen LogP contribution in [0.2, 0.25) is 0 Å². The Hall–Kier alpha value is -1.42. The summed E-state index contributed by atoms with van der Waals surface area (Å²) in [6.45, 7) is 4.03. The molecule has 0 saturated heterocycles. The van der Waals surface area contributed by atoms with E-state index in [1.807, 2.05) is 19.1 Å². The molecule has 1 fully saturated rings. The van der Waals surface area contributed by atoms with Crippen molar-refractivity contribution >= 4 is 17.2 Å². The molecule has 19 heavy (non-hydrogen) atoms. The lowest BCUT2D eigenvalue weighted by molar-refractivity contribution is -0.117. The van der Waals surface area contributed by atoms with E-state index in [4.69, 9.17) is 0 Å². The van der Waals surface area contributed by atoms with E-state index >= 15 is 0 Å². The third-order valence-electron chi connectivity index (χ3n) is 3.00. The highest BCUT2D eigenvalue weighted by molar-refractivity contribution is 7.09. The van der Waals surface area contributed by atoms with Gasteiger partial charge < -0.3 is 5.32 Å². The SMILES string of the molecule is CC/C=C/C=C/C(=O)NC(C)c1csc(C2CC2)n1. The first-order chi connectivity index (χ1) is 9.20. The van der Waals surface area contributed by atoms with Gasteiger partial charge in [0, 0.05) is 17.4 Å². The number of thiazole rings is 1. The van der Waals surface area contributed by atoms with Gasteiger partial charge in [0.15, 0.2) is 0 Å². The summed E-state index contributed by atoms with van der Waals surface area (Å²) in [5.41, 5.74) is 0.970. The number of carbonyl (C=O) groups is 1. The van der Waals surface area contributed by atoms with Crippen molar-refractivity contribution in [1.29, 1.82) is 0 Å². The van der Waals surface area contributed by atoms with Crippen molar-refractivity contribution in [3.05, 3.63) is 40.4 Å². The van der Waals surface area contributed by atoms with Gasteiger partial charge in [0.2, 0.25) is 5.91 Å². The summed E-state index contributed by atoms with van der Waals surface area (Å²) in [7, 11) is 0. The van der Waals surface area contributed by atoms with Crippen molar-refractivity contribution in [1.82, 2.24) is 10.3 Å². The van der Waals surface area contributed by atoms with Crippen molar-refractivity contribution in [2.45, 2.75) is 45.1 Å². The third-order valence-corrected chi connectivity index (χ3v) is 4.02. The van der Waals surface area contributed by atoms with Crippen molar-refractivity contribution < 1.29 is 4.79 Å². The van der Waals surface area contributed by atoms with Crippen LogP contribution in [0.25, 0.3) is 0 Å². The number of allylic oxidation sites excluding steroid dienone is 3. The minimum absolute atomic E-state index is 0.0314. The maximum Gasteiger partial charge on any atom is 0.244 e. The molecular formula is C15H20N2OS. The van der Waals surface area contributed by atoms with Crippen molar-refractivity contribution in [3.63, 3.8) is 0 Å². The first kappa shape index (κ1) is 14.0. The fraction of sp³-hybridized carbons (Fsp3) is 0.467. The summed E-state index contributed by atoms with van der Waals surface area (Å²) in [6, 6.07) is -0.0314. The van der Waals surface area contributed by atoms with Gasteiger partial charge in [-0.15, -0.1) is 11.3 Å². The highest BCUT2D eigenvalue weighted by atomic mass is 32.1. The molecule has 1 aromatic heterocycles. The molecule has 1 N–H and O–H groups in total. The molecule has 0 radical (unpaired) electrons. The number of carbonyl (C=O) groups excluding carboxylic acids is 1. The molecule has 1 heterocycles. The fourth-order valence-corrected chi connectivity index (χ4v) is 2.80. The number of nitrogens with zero attached hydrogens (tertiary/aromatic N) is 1. The van der Waals surface area contributed by atoms with Crippen LogP contribution in [0.5, 0.6) is 0 Å². The van der Waals surface area contributed by atoms with Gasteiger partial charge in [-0.05, 0) is 26.2 Å². The molecule has 4 heteroatoms. The van der Waals surface area contributed by atoms with Crippen molar-refractivity contribution in [3.8, 4) is 0 Å². The lowest BCUT2D eigenvalue weighted by atomic mass is 10.2. The molecule has 1 aliphatic carbocycles. The molecule has 0 aromatic carbocycles. The summed E-state index contributed by atoms with van der Waals surface area (Å²) < 4.78 is 0. The van der Waals surface area contributed by atoms with E-state index in [2.05, 4.69) is 22.6 Å². The van der Waals surface area contributed by atoms with Gasteiger partial charge >= 0.3 is 0 Å². The average Bonchev–Trinajstić information content (AvgIpc) is 3.12. The summed E-state index contributed by atoms with van der Waals surface area (Å²) in [6.07, 6.45) is 10.7. The Balaban J connectivity index is 1.85. The molecule has 1 atom stereocenters. The van der Waals surface area contributed by atoms with E-state index < -0.39 is 0 Å². The average molecular weight is 276 g/mol. The van der Waals surface area contributed by atoms with E-state index in [-0.39, 0.29) is 11.9 Å². The summed E-state index contributed by atoms with van der Waals surface area (Å²) in [5, 5.41) is 6.21. The Morgan fingerprint density at radius 2 is 2.37 bits per heavy atom. The van der Waals surface area contributed by atoms with Crippen LogP contribution in [0, 0.1) is 0 Å². The van der Waals surface area contributed by atoms with Gasteiger partial charge in [-0.2, -0.15) is 0 Å². The van der Waals surface area contributed by atoms with E-state index in [9.17, 15) is 4.79 Å². The summed E-state index contributed by atoms with van der Waals surface area (Å²) in [5.74, 6) is 0.606. The van der Waals surface area contributed by atoms with Crippen LogP contribution in [0.4, 0.5) is 0 Å². The lowest BCUT2D eigenvalue weighted by Crippen LogP contribution is -2.24. The quantitative estimate of drug-likeness (QED) is 0.635. The van der Waals surface area contributed by atoms with E-state index in [1.165, 1.54) is 17.8 Å². The highest BCUT2D eigenvalue weighted by Gasteiger charge is 2.27. The maximum absolute atomic E-state index is 11.7. The zero-order chi connectivity index (χ0) is 13.7. The third kappa shape index (κ3) is 4.31. The molecule has 1 unspecified atom stereocenters. The number of aromatic nitrogens is 1. The summed E-state index contributed by atoms with van der Waals surface area (Å²) >= 11 is 1.71. The van der Waals surface area contributed by atoms with E-state index in [0.717, 1.165) is 12.1 Å².